The highest BCUT2D eigenvalue weighted by atomic mass is 19.4. The molecule has 0 radical (unpaired) electrons. The average molecular weight is 142 g/mol. The van der Waals surface area contributed by atoms with Gasteiger partial charge in [-0.25, -0.2) is 5.43 Å². The van der Waals surface area contributed by atoms with Gasteiger partial charge in [-0.3, -0.25) is 5.84 Å². The Kier molecular flexibility index (Phi) is 2.93. The summed E-state index contributed by atoms with van der Waals surface area (Å²) in [5.41, 5.74) is 1.67. The van der Waals surface area contributed by atoms with Crippen LogP contribution >= 0.6 is 0 Å². The van der Waals surface area contributed by atoms with Crippen LogP contribution in [-0.2, 0) is 0 Å². The molecule has 0 fully saturated rings. The normalized spacial score (nSPS) is 15.7. The number of nitrogens with two attached hydrogens (primary N) is 1. The molecule has 0 rings (SSSR count). The maximum Gasteiger partial charge on any atom is 0.405 e. The molecule has 0 heterocycles. The fraction of sp³-hybridized carbons (Fsp3) is 1.00. The van der Waals surface area contributed by atoms with E-state index in [4.69, 9.17) is 0 Å². The van der Waals surface area contributed by atoms with Gasteiger partial charge in [0.25, 0.3) is 0 Å². The van der Waals surface area contributed by atoms with Crippen molar-refractivity contribution in [1.29, 1.82) is 0 Å². The molecule has 3 N–H and O–H groups in total. The molecule has 0 aliphatic heterocycles. The number of halogens is 3. The third-order valence-electron chi connectivity index (χ3n) is 1.00. The number of hydrogen-bond acceptors (Lipinski definition) is 2. The van der Waals surface area contributed by atoms with Crippen molar-refractivity contribution in [2.75, 3.05) is 0 Å². The Morgan fingerprint density at radius 1 is 1.56 bits per heavy atom. The zero-order valence-corrected chi connectivity index (χ0v) is 5.00. The van der Waals surface area contributed by atoms with Crippen molar-refractivity contribution in [3.8, 4) is 0 Å². The molecule has 5 heteroatoms. The highest BCUT2D eigenvalue weighted by Gasteiger charge is 2.37. The molecule has 1 atom stereocenters. The molecule has 0 unspecified atom stereocenters. The molecule has 0 aromatic carbocycles. The first-order valence-electron chi connectivity index (χ1n) is 2.55. The van der Waals surface area contributed by atoms with Gasteiger partial charge < -0.3 is 0 Å². The van der Waals surface area contributed by atoms with E-state index in [2.05, 4.69) is 5.84 Å². The van der Waals surface area contributed by atoms with E-state index in [1.165, 1.54) is 6.92 Å². The van der Waals surface area contributed by atoms with Crippen LogP contribution in [0.15, 0.2) is 0 Å². The van der Waals surface area contributed by atoms with Crippen LogP contribution in [0.25, 0.3) is 0 Å². The summed E-state index contributed by atoms with van der Waals surface area (Å²) in [7, 11) is 0. The van der Waals surface area contributed by atoms with Gasteiger partial charge in [0, 0.05) is 0 Å². The topological polar surface area (TPSA) is 38.0 Å². The van der Waals surface area contributed by atoms with Crippen molar-refractivity contribution < 1.29 is 13.2 Å². The minimum absolute atomic E-state index is 0.0417. The van der Waals surface area contributed by atoms with Gasteiger partial charge in [0.1, 0.15) is 6.04 Å². The molecule has 0 bridgehead atoms. The standard InChI is InChI=1S/C4H9F3N2/c1-2-3(9-8)4(5,6)7/h3,9H,2,8H2,1H3/t3-/m1/s1. The number of alkyl halides is 3. The molecule has 0 saturated heterocycles. The Morgan fingerprint density at radius 2 is 2.00 bits per heavy atom. The monoisotopic (exact) mass is 142 g/mol. The van der Waals surface area contributed by atoms with Crippen LogP contribution < -0.4 is 11.3 Å². The second-order valence-electron chi connectivity index (χ2n) is 1.67. The van der Waals surface area contributed by atoms with Crippen molar-refractivity contribution in [3.63, 3.8) is 0 Å². The van der Waals surface area contributed by atoms with E-state index in [-0.39, 0.29) is 6.42 Å². The highest BCUT2D eigenvalue weighted by molar-refractivity contribution is 4.69. The van der Waals surface area contributed by atoms with Crippen LogP contribution in [0.3, 0.4) is 0 Å². The lowest BCUT2D eigenvalue weighted by atomic mass is 10.2. The molecule has 9 heavy (non-hydrogen) atoms. The van der Waals surface area contributed by atoms with Crippen LogP contribution in [0, 0.1) is 0 Å². The van der Waals surface area contributed by atoms with Gasteiger partial charge in [0.05, 0.1) is 0 Å². The molecule has 56 valence electrons. The first-order chi connectivity index (χ1) is 4.02. The van der Waals surface area contributed by atoms with Crippen molar-refractivity contribution in [3.05, 3.63) is 0 Å². The number of hydrazine groups is 1. The summed E-state index contributed by atoms with van der Waals surface area (Å²) in [6.45, 7) is 1.41. The molecule has 0 aromatic heterocycles. The highest BCUT2D eigenvalue weighted by Crippen LogP contribution is 2.21. The van der Waals surface area contributed by atoms with Crippen molar-refractivity contribution in [2.24, 2.45) is 5.84 Å². The van der Waals surface area contributed by atoms with Crippen LogP contribution in [0.1, 0.15) is 13.3 Å². The van der Waals surface area contributed by atoms with Crippen LogP contribution in [0.2, 0.25) is 0 Å². The minimum Gasteiger partial charge on any atom is -0.271 e. The summed E-state index contributed by atoms with van der Waals surface area (Å²) in [6, 6.07) is -1.57. The number of rotatable bonds is 2. The summed E-state index contributed by atoms with van der Waals surface area (Å²) >= 11 is 0. The lowest BCUT2D eigenvalue weighted by molar-refractivity contribution is -0.156. The van der Waals surface area contributed by atoms with Gasteiger partial charge in [-0.05, 0) is 6.42 Å². The second-order valence-corrected chi connectivity index (χ2v) is 1.67. The molecule has 0 aliphatic carbocycles. The molecule has 0 aliphatic rings. The van der Waals surface area contributed by atoms with E-state index < -0.39 is 12.2 Å². The van der Waals surface area contributed by atoms with E-state index in [1.807, 2.05) is 0 Å². The summed E-state index contributed by atoms with van der Waals surface area (Å²) in [6.07, 6.45) is -4.26. The fourth-order valence-electron chi connectivity index (χ4n) is 0.444. The third kappa shape index (κ3) is 2.67. The summed E-state index contributed by atoms with van der Waals surface area (Å²) in [4.78, 5) is 0. The van der Waals surface area contributed by atoms with E-state index in [1.54, 1.807) is 5.43 Å². The van der Waals surface area contributed by atoms with E-state index in [0.29, 0.717) is 0 Å². The first-order valence-corrected chi connectivity index (χ1v) is 2.55. The Hall–Kier alpha value is -0.290. The molecule has 0 amide bonds. The zero-order valence-electron chi connectivity index (χ0n) is 5.00. The number of hydrogen-bond donors (Lipinski definition) is 2. The maximum atomic E-state index is 11.6. The lowest BCUT2D eigenvalue weighted by Gasteiger charge is -2.16. The Balaban J connectivity index is 3.79. The molecule has 0 aromatic rings. The minimum atomic E-state index is -4.22. The van der Waals surface area contributed by atoms with E-state index in [9.17, 15) is 13.2 Å². The first kappa shape index (κ1) is 8.71. The van der Waals surface area contributed by atoms with Gasteiger partial charge in [-0.1, -0.05) is 6.92 Å². The van der Waals surface area contributed by atoms with Crippen LogP contribution in [-0.4, -0.2) is 12.2 Å². The molecule has 0 saturated carbocycles. The fourth-order valence-corrected chi connectivity index (χ4v) is 0.444. The summed E-state index contributed by atoms with van der Waals surface area (Å²) in [5, 5.41) is 0. The summed E-state index contributed by atoms with van der Waals surface area (Å²) < 4.78 is 34.7. The van der Waals surface area contributed by atoms with Crippen molar-refractivity contribution in [1.82, 2.24) is 5.43 Å². The number of nitrogens with one attached hydrogen (secondary N) is 1. The second kappa shape index (κ2) is 3.03. The predicted molar refractivity (Wildman–Crippen MR) is 27.5 cm³/mol. The summed E-state index contributed by atoms with van der Waals surface area (Å²) in [5.74, 6) is 4.60. The Morgan fingerprint density at radius 3 is 2.00 bits per heavy atom. The third-order valence-corrected chi connectivity index (χ3v) is 1.00. The average Bonchev–Trinajstić information content (AvgIpc) is 1.65. The Bertz CT molecular complexity index is 76.4. The quantitative estimate of drug-likeness (QED) is 0.442. The predicted octanol–water partition coefficient (Wildman–Crippen LogP) is 0.791. The van der Waals surface area contributed by atoms with Crippen molar-refractivity contribution in [2.45, 2.75) is 25.6 Å². The van der Waals surface area contributed by atoms with Crippen LogP contribution in [0.4, 0.5) is 13.2 Å². The molecular weight excluding hydrogens is 133 g/mol. The van der Waals surface area contributed by atoms with Gasteiger partial charge in [-0.2, -0.15) is 13.2 Å². The molecular formula is C4H9F3N2. The smallest absolute Gasteiger partial charge is 0.271 e. The zero-order chi connectivity index (χ0) is 7.49. The molecule has 0 spiro atoms. The van der Waals surface area contributed by atoms with E-state index >= 15 is 0 Å². The van der Waals surface area contributed by atoms with Gasteiger partial charge in [-0.15, -0.1) is 0 Å². The largest absolute Gasteiger partial charge is 0.405 e. The lowest BCUT2D eigenvalue weighted by Crippen LogP contribution is -2.45. The Labute approximate surface area is 51.2 Å². The van der Waals surface area contributed by atoms with Gasteiger partial charge >= 0.3 is 6.18 Å². The van der Waals surface area contributed by atoms with Crippen molar-refractivity contribution >= 4 is 0 Å². The van der Waals surface area contributed by atoms with Crippen LogP contribution in [0.5, 0.6) is 0 Å². The maximum absolute atomic E-state index is 11.6. The van der Waals surface area contributed by atoms with E-state index in [0.717, 1.165) is 0 Å². The van der Waals surface area contributed by atoms with Gasteiger partial charge in [0.15, 0.2) is 0 Å². The molecule has 2 nitrogen and oxygen atoms in total. The SMILES string of the molecule is CC[C@@H](NN)C(F)(F)F. The van der Waals surface area contributed by atoms with Gasteiger partial charge in [0.2, 0.25) is 0 Å².